The van der Waals surface area contributed by atoms with Crippen LogP contribution in [-0.4, -0.2) is 50.9 Å². The average molecular weight is 593 g/mol. The lowest BCUT2D eigenvalue weighted by atomic mass is 10.1. The van der Waals surface area contributed by atoms with Gasteiger partial charge in [0, 0.05) is 12.6 Å². The highest BCUT2D eigenvalue weighted by Crippen LogP contribution is 2.32. The van der Waals surface area contributed by atoms with Crippen LogP contribution in [0.5, 0.6) is 5.75 Å². The summed E-state index contributed by atoms with van der Waals surface area (Å²) in [6, 6.07) is 18.2. The maximum atomic E-state index is 13.9. The maximum absolute atomic E-state index is 13.9. The summed E-state index contributed by atoms with van der Waals surface area (Å²) in [6.07, 6.45) is 0. The quantitative estimate of drug-likeness (QED) is 0.333. The standard InChI is InChI=1S/C28H31Cl2N3O5S/c1-19(2)31-28(35)20(3)32(17-21-14-15-23(29)24(30)16-21)27(34)18-33(25-12-8-9-13-26(25)38-4)39(36,37)22-10-6-5-7-11-22/h5-16,19-20H,17-18H2,1-4H3,(H,31,35). The first kappa shape index (κ1) is 30.3. The van der Waals surface area contributed by atoms with Crippen LogP contribution in [-0.2, 0) is 26.2 Å². The lowest BCUT2D eigenvalue weighted by Gasteiger charge is -2.32. The SMILES string of the molecule is COc1ccccc1N(CC(=O)N(Cc1ccc(Cl)c(Cl)c1)C(C)C(=O)NC(C)C)S(=O)(=O)c1ccccc1. The number of ether oxygens (including phenoxy) is 1. The number of carbonyl (C=O) groups excluding carboxylic acids is 2. The molecule has 0 aliphatic carbocycles. The van der Waals surface area contributed by atoms with Crippen molar-refractivity contribution < 1.29 is 22.7 Å². The first-order valence-electron chi connectivity index (χ1n) is 12.2. The third-order valence-electron chi connectivity index (χ3n) is 5.90. The van der Waals surface area contributed by atoms with Gasteiger partial charge in [0.2, 0.25) is 11.8 Å². The minimum atomic E-state index is -4.20. The molecule has 0 bridgehead atoms. The predicted octanol–water partition coefficient (Wildman–Crippen LogP) is 5.14. The molecule has 0 fully saturated rings. The topological polar surface area (TPSA) is 96.0 Å². The van der Waals surface area contributed by atoms with Crippen molar-refractivity contribution in [3.8, 4) is 5.75 Å². The van der Waals surface area contributed by atoms with Crippen molar-refractivity contribution in [1.29, 1.82) is 0 Å². The second-order valence-electron chi connectivity index (χ2n) is 9.11. The van der Waals surface area contributed by atoms with Crippen LogP contribution in [0.4, 0.5) is 5.69 Å². The van der Waals surface area contributed by atoms with Gasteiger partial charge in [0.15, 0.2) is 0 Å². The summed E-state index contributed by atoms with van der Waals surface area (Å²) >= 11 is 12.3. The highest BCUT2D eigenvalue weighted by molar-refractivity contribution is 7.92. The fourth-order valence-electron chi connectivity index (χ4n) is 3.89. The van der Waals surface area contributed by atoms with Crippen molar-refractivity contribution >= 4 is 50.7 Å². The normalized spacial score (nSPS) is 12.1. The first-order valence-corrected chi connectivity index (χ1v) is 14.4. The predicted molar refractivity (Wildman–Crippen MR) is 154 cm³/mol. The van der Waals surface area contributed by atoms with Gasteiger partial charge in [0.05, 0.1) is 27.7 Å². The number of methoxy groups -OCH3 is 1. The van der Waals surface area contributed by atoms with Crippen molar-refractivity contribution in [2.24, 2.45) is 0 Å². The number of benzene rings is 3. The van der Waals surface area contributed by atoms with E-state index in [4.69, 9.17) is 27.9 Å². The number of hydrogen-bond donors (Lipinski definition) is 1. The Morgan fingerprint density at radius 2 is 1.56 bits per heavy atom. The van der Waals surface area contributed by atoms with Crippen LogP contribution in [0.25, 0.3) is 0 Å². The average Bonchev–Trinajstić information content (AvgIpc) is 2.91. The third kappa shape index (κ3) is 7.44. The summed E-state index contributed by atoms with van der Waals surface area (Å²) in [5.74, 6) is -0.711. The molecule has 208 valence electrons. The fraction of sp³-hybridized carbons (Fsp3) is 0.286. The van der Waals surface area contributed by atoms with Crippen LogP contribution in [0, 0.1) is 0 Å². The first-order chi connectivity index (χ1) is 18.4. The molecule has 3 aromatic carbocycles. The van der Waals surface area contributed by atoms with Gasteiger partial charge in [-0.3, -0.25) is 13.9 Å². The Hall–Kier alpha value is -3.27. The molecule has 0 spiro atoms. The molecule has 0 saturated carbocycles. The molecule has 0 aliphatic heterocycles. The number of rotatable bonds is 11. The minimum absolute atomic E-state index is 0.00494. The van der Waals surface area contributed by atoms with Gasteiger partial charge in [0.25, 0.3) is 10.0 Å². The monoisotopic (exact) mass is 591 g/mol. The largest absolute Gasteiger partial charge is 0.495 e. The summed E-state index contributed by atoms with van der Waals surface area (Å²) in [6.45, 7) is 4.62. The lowest BCUT2D eigenvalue weighted by molar-refractivity contribution is -0.139. The Bertz CT molecular complexity index is 1420. The number of nitrogens with one attached hydrogen (secondary N) is 1. The highest BCUT2D eigenvalue weighted by Gasteiger charge is 2.33. The lowest BCUT2D eigenvalue weighted by Crippen LogP contribution is -2.52. The molecule has 0 saturated heterocycles. The van der Waals surface area contributed by atoms with Crippen molar-refractivity contribution in [3.63, 3.8) is 0 Å². The van der Waals surface area contributed by atoms with Crippen LogP contribution in [0.3, 0.4) is 0 Å². The summed E-state index contributed by atoms with van der Waals surface area (Å²) < 4.78 is 34.1. The Morgan fingerprint density at radius 3 is 2.18 bits per heavy atom. The fourth-order valence-corrected chi connectivity index (χ4v) is 5.66. The molecule has 8 nitrogen and oxygen atoms in total. The van der Waals surface area contributed by atoms with Crippen molar-refractivity contribution in [2.45, 2.75) is 44.3 Å². The van der Waals surface area contributed by atoms with E-state index in [1.165, 1.54) is 24.1 Å². The summed E-state index contributed by atoms with van der Waals surface area (Å²) in [4.78, 5) is 28.2. The van der Waals surface area contributed by atoms with E-state index in [1.54, 1.807) is 67.6 Å². The molecule has 0 radical (unpaired) electrons. The number of para-hydroxylation sites is 2. The molecule has 1 N–H and O–H groups in total. The van der Waals surface area contributed by atoms with Crippen LogP contribution in [0.2, 0.25) is 10.0 Å². The Balaban J connectivity index is 2.07. The van der Waals surface area contributed by atoms with E-state index < -0.39 is 28.5 Å². The second kappa shape index (κ2) is 13.2. The van der Waals surface area contributed by atoms with Gasteiger partial charge in [0.1, 0.15) is 18.3 Å². The van der Waals surface area contributed by atoms with Gasteiger partial charge in [-0.2, -0.15) is 0 Å². The minimum Gasteiger partial charge on any atom is -0.495 e. The van der Waals surface area contributed by atoms with Crippen molar-refractivity contribution in [1.82, 2.24) is 10.2 Å². The molecular formula is C28H31Cl2N3O5S. The van der Waals surface area contributed by atoms with Crippen LogP contribution in [0.15, 0.2) is 77.7 Å². The van der Waals surface area contributed by atoms with Gasteiger partial charge >= 0.3 is 0 Å². The van der Waals surface area contributed by atoms with Crippen LogP contribution in [0.1, 0.15) is 26.3 Å². The molecule has 11 heteroatoms. The molecular weight excluding hydrogens is 561 g/mol. The Labute approximate surface area is 239 Å². The number of hydrogen-bond acceptors (Lipinski definition) is 5. The second-order valence-corrected chi connectivity index (χ2v) is 11.8. The zero-order valence-electron chi connectivity index (χ0n) is 22.1. The van der Waals surface area contributed by atoms with Gasteiger partial charge in [-0.1, -0.05) is 59.6 Å². The third-order valence-corrected chi connectivity index (χ3v) is 8.41. The summed E-state index contributed by atoms with van der Waals surface area (Å²) in [5.41, 5.74) is 0.808. The van der Waals surface area contributed by atoms with E-state index in [-0.39, 0.29) is 34.8 Å². The Morgan fingerprint density at radius 1 is 0.923 bits per heavy atom. The molecule has 1 atom stereocenters. The highest BCUT2D eigenvalue weighted by atomic mass is 35.5. The van der Waals surface area contributed by atoms with Crippen molar-refractivity contribution in [3.05, 3.63) is 88.4 Å². The summed E-state index contributed by atoms with van der Waals surface area (Å²) in [7, 11) is -2.78. The molecule has 0 aromatic heterocycles. The zero-order valence-corrected chi connectivity index (χ0v) is 24.4. The number of amides is 2. The number of nitrogens with zero attached hydrogens (tertiary/aromatic N) is 2. The van der Waals surface area contributed by atoms with Gasteiger partial charge in [-0.05, 0) is 62.7 Å². The Kier molecular flexibility index (Phi) is 10.2. The van der Waals surface area contributed by atoms with Crippen LogP contribution < -0.4 is 14.4 Å². The van der Waals surface area contributed by atoms with E-state index >= 15 is 0 Å². The smallest absolute Gasteiger partial charge is 0.264 e. The number of sulfonamides is 1. The molecule has 0 aliphatic rings. The van der Waals surface area contributed by atoms with E-state index in [1.807, 2.05) is 13.8 Å². The van der Waals surface area contributed by atoms with Gasteiger partial charge < -0.3 is 15.0 Å². The van der Waals surface area contributed by atoms with Gasteiger partial charge in [-0.25, -0.2) is 8.42 Å². The number of carbonyl (C=O) groups is 2. The number of anilines is 1. The van der Waals surface area contributed by atoms with E-state index in [0.717, 1.165) is 4.31 Å². The molecule has 1 unspecified atom stereocenters. The van der Waals surface area contributed by atoms with E-state index in [9.17, 15) is 18.0 Å². The van der Waals surface area contributed by atoms with Crippen molar-refractivity contribution in [2.75, 3.05) is 18.0 Å². The molecule has 0 heterocycles. The van der Waals surface area contributed by atoms with Crippen LogP contribution >= 0.6 is 23.2 Å². The van der Waals surface area contributed by atoms with Gasteiger partial charge in [-0.15, -0.1) is 0 Å². The zero-order chi connectivity index (χ0) is 28.7. The van der Waals surface area contributed by atoms with E-state index in [0.29, 0.717) is 15.6 Å². The molecule has 39 heavy (non-hydrogen) atoms. The summed E-state index contributed by atoms with van der Waals surface area (Å²) in [5, 5.41) is 3.45. The molecule has 2 amide bonds. The number of halogens is 2. The van der Waals surface area contributed by atoms with E-state index in [2.05, 4.69) is 5.32 Å². The maximum Gasteiger partial charge on any atom is 0.264 e. The molecule has 3 aromatic rings. The molecule has 3 rings (SSSR count).